The molecule has 3 N–H and O–H groups in total. The average Bonchev–Trinajstić information content (AvgIpc) is 2.75. The normalized spacial score (nSPS) is 19.4. The van der Waals surface area contributed by atoms with Gasteiger partial charge >= 0.3 is 6.03 Å². The van der Waals surface area contributed by atoms with Crippen molar-refractivity contribution >= 4 is 39.1 Å². The number of rotatable bonds is 4. The monoisotopic (exact) mass is 345 g/mol. The van der Waals surface area contributed by atoms with Gasteiger partial charge in [-0.1, -0.05) is 17.7 Å². The van der Waals surface area contributed by atoms with Crippen molar-refractivity contribution in [3.8, 4) is 0 Å². The molecule has 0 saturated carbocycles. The maximum atomic E-state index is 11.7. The molecule has 1 unspecified atom stereocenters. The van der Waals surface area contributed by atoms with Gasteiger partial charge in [0, 0.05) is 16.8 Å². The van der Waals surface area contributed by atoms with Gasteiger partial charge in [-0.25, -0.2) is 13.2 Å². The number of hydrogen-bond donors (Lipinski definition) is 3. The zero-order valence-corrected chi connectivity index (χ0v) is 13.2. The number of benzene rings is 1. The van der Waals surface area contributed by atoms with E-state index < -0.39 is 21.8 Å². The standard InChI is InChI=1S/C13H16ClN3O4S/c14-9-2-1-3-10(6-9)17-13(19)15-7-12(18)16-11-4-5-22(20,21)8-11/h1-3,6,11H,4-5,7-8H2,(H,16,18)(H2,15,17,19). The van der Waals surface area contributed by atoms with Crippen LogP contribution in [0.2, 0.25) is 5.02 Å². The van der Waals surface area contributed by atoms with Crippen molar-refractivity contribution in [2.45, 2.75) is 12.5 Å². The van der Waals surface area contributed by atoms with Gasteiger partial charge in [0.15, 0.2) is 9.84 Å². The van der Waals surface area contributed by atoms with E-state index in [1.165, 1.54) is 0 Å². The summed E-state index contributed by atoms with van der Waals surface area (Å²) in [4.78, 5) is 23.3. The smallest absolute Gasteiger partial charge is 0.319 e. The average molecular weight is 346 g/mol. The summed E-state index contributed by atoms with van der Waals surface area (Å²) in [5, 5.41) is 7.99. The summed E-state index contributed by atoms with van der Waals surface area (Å²) in [6.45, 7) is -0.233. The second-order valence-corrected chi connectivity index (χ2v) is 7.65. The second kappa shape index (κ2) is 6.97. The molecule has 1 saturated heterocycles. The zero-order valence-electron chi connectivity index (χ0n) is 11.6. The van der Waals surface area contributed by atoms with Crippen LogP contribution in [0.4, 0.5) is 10.5 Å². The Bertz CT molecular complexity index is 678. The predicted molar refractivity (Wildman–Crippen MR) is 83.7 cm³/mol. The van der Waals surface area contributed by atoms with Crippen LogP contribution in [0.3, 0.4) is 0 Å². The quantitative estimate of drug-likeness (QED) is 0.749. The highest BCUT2D eigenvalue weighted by molar-refractivity contribution is 7.91. The van der Waals surface area contributed by atoms with Crippen LogP contribution in [0.15, 0.2) is 24.3 Å². The third-order valence-corrected chi connectivity index (χ3v) is 5.09. The van der Waals surface area contributed by atoms with Crippen LogP contribution in [-0.2, 0) is 14.6 Å². The summed E-state index contributed by atoms with van der Waals surface area (Å²) in [7, 11) is -3.04. The number of carbonyl (C=O) groups excluding carboxylic acids is 2. The Labute approximate surface area is 133 Å². The predicted octanol–water partition coefficient (Wildman–Crippen LogP) is 0.765. The van der Waals surface area contributed by atoms with Gasteiger partial charge in [-0.2, -0.15) is 0 Å². The SMILES string of the molecule is O=C(CNC(=O)Nc1cccc(Cl)c1)NC1CCS(=O)(=O)C1. The third-order valence-electron chi connectivity index (χ3n) is 3.09. The van der Waals surface area contributed by atoms with E-state index in [1.807, 2.05) is 0 Å². The minimum atomic E-state index is -3.04. The molecule has 0 radical (unpaired) electrons. The summed E-state index contributed by atoms with van der Waals surface area (Å²) in [6.07, 6.45) is 0.406. The Balaban J connectivity index is 1.73. The van der Waals surface area contributed by atoms with Gasteiger partial charge in [0.05, 0.1) is 18.1 Å². The lowest BCUT2D eigenvalue weighted by molar-refractivity contribution is -0.120. The van der Waals surface area contributed by atoms with Gasteiger partial charge in [-0.3, -0.25) is 4.79 Å². The van der Waals surface area contributed by atoms with Crippen molar-refractivity contribution < 1.29 is 18.0 Å². The van der Waals surface area contributed by atoms with E-state index in [1.54, 1.807) is 24.3 Å². The van der Waals surface area contributed by atoms with E-state index in [0.717, 1.165) is 0 Å². The van der Waals surface area contributed by atoms with Gasteiger partial charge in [-0.15, -0.1) is 0 Å². The molecule has 3 amide bonds. The van der Waals surface area contributed by atoms with Crippen molar-refractivity contribution in [2.24, 2.45) is 0 Å². The Morgan fingerprint density at radius 3 is 2.73 bits per heavy atom. The van der Waals surface area contributed by atoms with Crippen molar-refractivity contribution in [1.82, 2.24) is 10.6 Å². The number of halogens is 1. The zero-order chi connectivity index (χ0) is 16.2. The van der Waals surface area contributed by atoms with Gasteiger partial charge in [0.2, 0.25) is 5.91 Å². The molecular weight excluding hydrogens is 330 g/mol. The van der Waals surface area contributed by atoms with Crippen LogP contribution < -0.4 is 16.0 Å². The molecule has 1 atom stereocenters. The second-order valence-electron chi connectivity index (χ2n) is 4.99. The molecule has 0 bridgehead atoms. The number of hydrogen-bond acceptors (Lipinski definition) is 4. The number of nitrogens with one attached hydrogen (secondary N) is 3. The number of urea groups is 1. The Morgan fingerprint density at radius 1 is 1.32 bits per heavy atom. The molecule has 0 aliphatic carbocycles. The van der Waals surface area contributed by atoms with Crippen molar-refractivity contribution in [3.63, 3.8) is 0 Å². The van der Waals surface area contributed by atoms with Crippen molar-refractivity contribution in [2.75, 3.05) is 23.4 Å². The number of carbonyl (C=O) groups is 2. The lowest BCUT2D eigenvalue weighted by Crippen LogP contribution is -2.43. The number of anilines is 1. The molecule has 1 aromatic carbocycles. The maximum absolute atomic E-state index is 11.7. The fraction of sp³-hybridized carbons (Fsp3) is 0.385. The van der Waals surface area contributed by atoms with E-state index >= 15 is 0 Å². The highest BCUT2D eigenvalue weighted by atomic mass is 35.5. The molecular formula is C13H16ClN3O4S. The summed E-state index contributed by atoms with van der Waals surface area (Å²) in [5.41, 5.74) is 0.507. The molecule has 0 aromatic heterocycles. The highest BCUT2D eigenvalue weighted by Gasteiger charge is 2.28. The van der Waals surface area contributed by atoms with Crippen LogP contribution in [0.1, 0.15) is 6.42 Å². The molecule has 2 rings (SSSR count). The van der Waals surface area contributed by atoms with E-state index in [4.69, 9.17) is 11.6 Å². The Hall–Kier alpha value is -1.80. The topological polar surface area (TPSA) is 104 Å². The molecule has 120 valence electrons. The van der Waals surface area contributed by atoms with Crippen LogP contribution in [0, 0.1) is 0 Å². The van der Waals surface area contributed by atoms with Gasteiger partial charge in [-0.05, 0) is 24.6 Å². The first-order valence-corrected chi connectivity index (χ1v) is 8.84. The maximum Gasteiger partial charge on any atom is 0.319 e. The van der Waals surface area contributed by atoms with Gasteiger partial charge in [0.25, 0.3) is 0 Å². The Morgan fingerprint density at radius 2 is 2.09 bits per heavy atom. The lowest BCUT2D eigenvalue weighted by Gasteiger charge is -2.12. The lowest BCUT2D eigenvalue weighted by atomic mass is 10.2. The number of sulfone groups is 1. The first-order valence-electron chi connectivity index (χ1n) is 6.64. The largest absolute Gasteiger partial charge is 0.351 e. The number of amides is 3. The molecule has 1 aliphatic heterocycles. The summed E-state index contributed by atoms with van der Waals surface area (Å²) in [6, 6.07) is 5.67. The summed E-state index contributed by atoms with van der Waals surface area (Å²) < 4.78 is 22.6. The van der Waals surface area contributed by atoms with Gasteiger partial charge < -0.3 is 16.0 Å². The molecule has 9 heteroatoms. The molecule has 1 aliphatic rings. The minimum absolute atomic E-state index is 0.0482. The molecule has 1 fully saturated rings. The van der Waals surface area contributed by atoms with Crippen LogP contribution >= 0.6 is 11.6 Å². The van der Waals surface area contributed by atoms with Crippen molar-refractivity contribution in [1.29, 1.82) is 0 Å². The van der Waals surface area contributed by atoms with Crippen LogP contribution in [0.5, 0.6) is 0 Å². The van der Waals surface area contributed by atoms with Gasteiger partial charge in [0.1, 0.15) is 0 Å². The molecule has 0 spiro atoms. The van der Waals surface area contributed by atoms with E-state index in [0.29, 0.717) is 17.1 Å². The first-order chi connectivity index (χ1) is 10.3. The fourth-order valence-electron chi connectivity index (χ4n) is 2.09. The molecule has 7 nitrogen and oxygen atoms in total. The molecule has 22 heavy (non-hydrogen) atoms. The molecule has 1 aromatic rings. The summed E-state index contributed by atoms with van der Waals surface area (Å²) >= 11 is 5.79. The van der Waals surface area contributed by atoms with Crippen LogP contribution in [0.25, 0.3) is 0 Å². The minimum Gasteiger partial charge on any atom is -0.351 e. The summed E-state index contributed by atoms with van der Waals surface area (Å²) in [5.74, 6) is -0.392. The third kappa shape index (κ3) is 5.19. The van der Waals surface area contributed by atoms with E-state index in [-0.39, 0.29) is 24.1 Å². The van der Waals surface area contributed by atoms with Crippen LogP contribution in [-0.4, -0.2) is 44.4 Å². The first kappa shape index (κ1) is 16.6. The van der Waals surface area contributed by atoms with E-state index in [2.05, 4.69) is 16.0 Å². The Kier molecular flexibility index (Phi) is 5.25. The molecule has 1 heterocycles. The van der Waals surface area contributed by atoms with Crippen molar-refractivity contribution in [3.05, 3.63) is 29.3 Å². The fourth-order valence-corrected chi connectivity index (χ4v) is 3.95. The highest BCUT2D eigenvalue weighted by Crippen LogP contribution is 2.14. The van der Waals surface area contributed by atoms with E-state index in [9.17, 15) is 18.0 Å².